The fourth-order valence-electron chi connectivity index (χ4n) is 2.73. The Morgan fingerprint density at radius 2 is 2.11 bits per heavy atom. The van der Waals surface area contributed by atoms with E-state index < -0.39 is 0 Å². The highest BCUT2D eigenvalue weighted by molar-refractivity contribution is 6.30. The lowest BCUT2D eigenvalue weighted by Crippen LogP contribution is -2.34. The molecule has 0 radical (unpaired) electrons. The van der Waals surface area contributed by atoms with Gasteiger partial charge in [0.1, 0.15) is 5.82 Å². The lowest BCUT2D eigenvalue weighted by molar-refractivity contribution is 0.191. The van der Waals surface area contributed by atoms with Crippen LogP contribution in [0.15, 0.2) is 18.3 Å². The smallest absolute Gasteiger partial charge is 0.125 e. The number of pyridine rings is 1. The van der Waals surface area contributed by atoms with Gasteiger partial charge in [-0.05, 0) is 45.0 Å². The summed E-state index contributed by atoms with van der Waals surface area (Å²) >= 11 is 5.80. The Hall–Kier alpha value is -0.800. The van der Waals surface area contributed by atoms with Crippen molar-refractivity contribution in [3.8, 4) is 0 Å². The molecule has 1 fully saturated rings. The second kappa shape index (κ2) is 7.71. The van der Waals surface area contributed by atoms with E-state index in [0.717, 1.165) is 31.4 Å². The summed E-state index contributed by atoms with van der Waals surface area (Å²) in [6, 6.07) is 4.60. The molecule has 1 aromatic rings. The predicted octanol–water partition coefficient (Wildman–Crippen LogP) is 3.80. The van der Waals surface area contributed by atoms with Gasteiger partial charge in [-0.25, -0.2) is 4.98 Å². The van der Waals surface area contributed by atoms with E-state index in [1.807, 2.05) is 12.1 Å². The van der Waals surface area contributed by atoms with Crippen molar-refractivity contribution in [3.63, 3.8) is 0 Å². The van der Waals surface area contributed by atoms with E-state index in [4.69, 9.17) is 11.6 Å². The van der Waals surface area contributed by atoms with Crippen LogP contribution in [0, 0.1) is 0 Å². The molecule has 0 bridgehead atoms. The molecule has 1 aliphatic carbocycles. The maximum Gasteiger partial charge on any atom is 0.125 e. The van der Waals surface area contributed by atoms with Crippen molar-refractivity contribution in [2.75, 3.05) is 25.5 Å². The third-order valence-electron chi connectivity index (χ3n) is 3.92. The molecule has 19 heavy (non-hydrogen) atoms. The minimum Gasteiger partial charge on any atom is -0.370 e. The lowest BCUT2D eigenvalue weighted by atomic mass is 9.94. The molecule has 0 spiro atoms. The molecule has 3 nitrogen and oxygen atoms in total. The topological polar surface area (TPSA) is 28.2 Å². The first-order valence-corrected chi connectivity index (χ1v) is 7.69. The number of hydrogen-bond donors (Lipinski definition) is 1. The van der Waals surface area contributed by atoms with E-state index in [9.17, 15) is 0 Å². The summed E-state index contributed by atoms with van der Waals surface area (Å²) in [7, 11) is 2.26. The van der Waals surface area contributed by atoms with Crippen molar-refractivity contribution < 1.29 is 0 Å². The molecule has 0 aliphatic heterocycles. The van der Waals surface area contributed by atoms with Crippen LogP contribution >= 0.6 is 11.6 Å². The molecule has 1 aromatic heterocycles. The number of anilines is 1. The van der Waals surface area contributed by atoms with E-state index in [1.54, 1.807) is 6.20 Å². The van der Waals surface area contributed by atoms with Gasteiger partial charge in [0.15, 0.2) is 0 Å². The van der Waals surface area contributed by atoms with Crippen LogP contribution in [0.5, 0.6) is 0 Å². The summed E-state index contributed by atoms with van der Waals surface area (Å²) in [5, 5.41) is 4.02. The van der Waals surface area contributed by atoms with Gasteiger partial charge >= 0.3 is 0 Å². The summed E-state index contributed by atoms with van der Waals surface area (Å²) in [5.74, 6) is 0.907. The van der Waals surface area contributed by atoms with Crippen LogP contribution in [-0.4, -0.2) is 36.1 Å². The zero-order valence-corrected chi connectivity index (χ0v) is 12.5. The number of rotatable bonds is 6. The number of hydrogen-bond acceptors (Lipinski definition) is 3. The number of aromatic nitrogens is 1. The minimum absolute atomic E-state index is 0.683. The first kappa shape index (κ1) is 14.6. The van der Waals surface area contributed by atoms with Gasteiger partial charge in [-0.1, -0.05) is 30.9 Å². The summed E-state index contributed by atoms with van der Waals surface area (Å²) in [6.45, 7) is 2.12. The first-order chi connectivity index (χ1) is 9.25. The Bertz CT molecular complexity index is 360. The average Bonchev–Trinajstić information content (AvgIpc) is 2.46. The normalized spacial score (nSPS) is 16.8. The molecule has 1 saturated carbocycles. The number of nitrogens with one attached hydrogen (secondary N) is 1. The molecule has 1 aliphatic rings. The highest BCUT2D eigenvalue weighted by Gasteiger charge is 2.17. The molecule has 1 N–H and O–H groups in total. The van der Waals surface area contributed by atoms with Crippen LogP contribution in [0.2, 0.25) is 5.02 Å². The lowest BCUT2D eigenvalue weighted by Gasteiger charge is -2.31. The zero-order chi connectivity index (χ0) is 13.5. The Morgan fingerprint density at radius 1 is 1.32 bits per heavy atom. The number of nitrogens with zero attached hydrogens (tertiary/aromatic N) is 2. The number of halogens is 1. The molecule has 0 saturated heterocycles. The molecule has 0 aromatic carbocycles. The maximum atomic E-state index is 5.80. The summed E-state index contributed by atoms with van der Waals surface area (Å²) in [4.78, 5) is 6.75. The molecule has 0 amide bonds. The molecular formula is C15H24ClN3. The van der Waals surface area contributed by atoms with Crippen LogP contribution in [-0.2, 0) is 0 Å². The van der Waals surface area contributed by atoms with Crippen molar-refractivity contribution in [1.29, 1.82) is 0 Å². The SMILES string of the molecule is CN(CCCNc1ccc(Cl)cn1)C1CCCCC1. The Labute approximate surface area is 121 Å². The monoisotopic (exact) mass is 281 g/mol. The van der Waals surface area contributed by atoms with Crippen molar-refractivity contribution in [3.05, 3.63) is 23.4 Å². The quantitative estimate of drug-likeness (QED) is 0.804. The summed E-state index contributed by atoms with van der Waals surface area (Å²) in [5.41, 5.74) is 0. The van der Waals surface area contributed by atoms with E-state index in [0.29, 0.717) is 5.02 Å². The highest BCUT2D eigenvalue weighted by atomic mass is 35.5. The second-order valence-electron chi connectivity index (χ2n) is 5.41. The summed E-state index contributed by atoms with van der Waals surface area (Å²) in [6.07, 6.45) is 9.82. The first-order valence-electron chi connectivity index (χ1n) is 7.31. The molecule has 1 heterocycles. The zero-order valence-electron chi connectivity index (χ0n) is 11.7. The second-order valence-corrected chi connectivity index (χ2v) is 5.85. The van der Waals surface area contributed by atoms with Gasteiger partial charge in [0.2, 0.25) is 0 Å². The van der Waals surface area contributed by atoms with Crippen LogP contribution in [0.4, 0.5) is 5.82 Å². The third-order valence-corrected chi connectivity index (χ3v) is 4.14. The van der Waals surface area contributed by atoms with E-state index >= 15 is 0 Å². The fourth-order valence-corrected chi connectivity index (χ4v) is 2.84. The van der Waals surface area contributed by atoms with Gasteiger partial charge < -0.3 is 10.2 Å². The van der Waals surface area contributed by atoms with Gasteiger partial charge in [-0.3, -0.25) is 0 Å². The highest BCUT2D eigenvalue weighted by Crippen LogP contribution is 2.21. The van der Waals surface area contributed by atoms with E-state index in [1.165, 1.54) is 32.1 Å². The molecule has 0 unspecified atom stereocenters. The van der Waals surface area contributed by atoms with E-state index in [2.05, 4.69) is 22.2 Å². The maximum absolute atomic E-state index is 5.80. The van der Waals surface area contributed by atoms with Gasteiger partial charge in [0.05, 0.1) is 5.02 Å². The fraction of sp³-hybridized carbons (Fsp3) is 0.667. The average molecular weight is 282 g/mol. The van der Waals surface area contributed by atoms with Crippen molar-refractivity contribution >= 4 is 17.4 Å². The summed E-state index contributed by atoms with van der Waals surface area (Å²) < 4.78 is 0. The van der Waals surface area contributed by atoms with Gasteiger partial charge in [-0.15, -0.1) is 0 Å². The minimum atomic E-state index is 0.683. The third kappa shape index (κ3) is 5.00. The Balaban J connectivity index is 1.62. The van der Waals surface area contributed by atoms with Crippen molar-refractivity contribution in [2.24, 2.45) is 0 Å². The molecule has 4 heteroatoms. The molecule has 2 rings (SSSR count). The van der Waals surface area contributed by atoms with Crippen molar-refractivity contribution in [2.45, 2.75) is 44.6 Å². The largest absolute Gasteiger partial charge is 0.370 e. The van der Waals surface area contributed by atoms with Gasteiger partial charge in [0, 0.05) is 18.8 Å². The molecule has 0 atom stereocenters. The van der Waals surface area contributed by atoms with Crippen molar-refractivity contribution in [1.82, 2.24) is 9.88 Å². The Kier molecular flexibility index (Phi) is 5.93. The van der Waals surface area contributed by atoms with Crippen LogP contribution < -0.4 is 5.32 Å². The van der Waals surface area contributed by atoms with Gasteiger partial charge in [0.25, 0.3) is 0 Å². The van der Waals surface area contributed by atoms with Gasteiger partial charge in [-0.2, -0.15) is 0 Å². The Morgan fingerprint density at radius 3 is 2.79 bits per heavy atom. The molecule has 106 valence electrons. The predicted molar refractivity (Wildman–Crippen MR) is 81.9 cm³/mol. The van der Waals surface area contributed by atoms with Crippen LogP contribution in [0.25, 0.3) is 0 Å². The molecular weight excluding hydrogens is 258 g/mol. The van der Waals surface area contributed by atoms with E-state index in [-0.39, 0.29) is 0 Å². The standard InChI is InChI=1S/C15H24ClN3/c1-19(14-6-3-2-4-7-14)11-5-10-17-15-9-8-13(16)12-18-15/h8-9,12,14H,2-7,10-11H2,1H3,(H,17,18). The van der Waals surface area contributed by atoms with Crippen LogP contribution in [0.1, 0.15) is 38.5 Å². The van der Waals surface area contributed by atoms with Crippen LogP contribution in [0.3, 0.4) is 0 Å².